The molecule has 1 aliphatic rings. The van der Waals surface area contributed by atoms with Gasteiger partial charge in [-0.2, -0.15) is 4.98 Å². The van der Waals surface area contributed by atoms with Crippen LogP contribution >= 0.6 is 0 Å². The van der Waals surface area contributed by atoms with Crippen molar-refractivity contribution < 1.29 is 14.5 Å². The van der Waals surface area contributed by atoms with Crippen molar-refractivity contribution in [3.05, 3.63) is 11.7 Å². The molecule has 1 aliphatic carbocycles. The first-order valence-corrected chi connectivity index (χ1v) is 9.19. The van der Waals surface area contributed by atoms with Gasteiger partial charge in [0.15, 0.2) is 5.82 Å². The third-order valence-electron chi connectivity index (χ3n) is 4.81. The highest BCUT2D eigenvalue weighted by atomic mass is 16.5. The molecule has 1 aromatic heterocycles. The Morgan fingerprint density at radius 2 is 2.17 bits per heavy atom. The quantitative estimate of drug-likeness (QED) is 0.448. The van der Waals surface area contributed by atoms with Crippen LogP contribution in [-0.4, -0.2) is 27.8 Å². The average Bonchev–Trinajstić information content (AvgIpc) is 3.08. The van der Waals surface area contributed by atoms with Crippen molar-refractivity contribution in [1.29, 1.82) is 0 Å². The Morgan fingerprint density at radius 3 is 2.88 bits per heavy atom. The molecule has 0 spiro atoms. The van der Waals surface area contributed by atoms with E-state index in [1.807, 2.05) is 6.92 Å². The molecule has 1 heterocycles. The molecule has 1 aromatic rings. The van der Waals surface area contributed by atoms with Crippen LogP contribution < -0.4 is 10.8 Å². The molecule has 24 heavy (non-hydrogen) atoms. The first-order valence-electron chi connectivity index (χ1n) is 9.19. The standard InChI is InChI=1S/C17H30N4O3/c1-2-18-12-15-19-17(24-21-15)14(11-16(22)20-23)10-6-9-13-7-4-3-5-8-13/h13-14,18,23H,2-12H2,1H3,(H,20,22)/t14-/m0/s1. The highest BCUT2D eigenvalue weighted by Crippen LogP contribution is 2.31. The molecule has 0 unspecified atom stereocenters. The number of nitrogens with one attached hydrogen (secondary N) is 2. The van der Waals surface area contributed by atoms with Gasteiger partial charge in [0, 0.05) is 12.3 Å². The van der Waals surface area contributed by atoms with Gasteiger partial charge in [-0.1, -0.05) is 57.0 Å². The summed E-state index contributed by atoms with van der Waals surface area (Å²) in [6.45, 7) is 3.41. The van der Waals surface area contributed by atoms with Crippen LogP contribution in [0.1, 0.15) is 82.3 Å². The number of hydrogen-bond acceptors (Lipinski definition) is 6. The van der Waals surface area contributed by atoms with E-state index in [1.165, 1.54) is 38.5 Å². The Bertz CT molecular complexity index is 486. The molecule has 7 heteroatoms. The number of rotatable bonds is 10. The molecule has 7 nitrogen and oxygen atoms in total. The van der Waals surface area contributed by atoms with Gasteiger partial charge in [0.2, 0.25) is 11.8 Å². The predicted molar refractivity (Wildman–Crippen MR) is 89.4 cm³/mol. The summed E-state index contributed by atoms with van der Waals surface area (Å²) in [5.74, 6) is 1.37. The van der Waals surface area contributed by atoms with E-state index >= 15 is 0 Å². The Balaban J connectivity index is 1.88. The van der Waals surface area contributed by atoms with Gasteiger partial charge >= 0.3 is 0 Å². The molecule has 0 radical (unpaired) electrons. The highest BCUT2D eigenvalue weighted by molar-refractivity contribution is 5.75. The molecule has 3 N–H and O–H groups in total. The minimum Gasteiger partial charge on any atom is -0.339 e. The lowest BCUT2D eigenvalue weighted by molar-refractivity contribution is -0.129. The van der Waals surface area contributed by atoms with E-state index in [0.717, 1.165) is 25.3 Å². The SMILES string of the molecule is CCNCc1noc([C@@H](CCCC2CCCCC2)CC(=O)NO)n1. The molecule has 0 aliphatic heterocycles. The third kappa shape index (κ3) is 6.20. The molecule has 1 fully saturated rings. The van der Waals surface area contributed by atoms with Gasteiger partial charge in [0.05, 0.1) is 6.54 Å². The van der Waals surface area contributed by atoms with Crippen LogP contribution in [0.5, 0.6) is 0 Å². The molecule has 1 atom stereocenters. The number of aromatic nitrogens is 2. The first-order chi connectivity index (χ1) is 11.7. The number of carbonyl (C=O) groups excluding carboxylic acids is 1. The van der Waals surface area contributed by atoms with Crippen LogP contribution in [0.3, 0.4) is 0 Å². The normalized spacial score (nSPS) is 16.9. The molecule has 0 bridgehead atoms. The zero-order valence-electron chi connectivity index (χ0n) is 14.6. The van der Waals surface area contributed by atoms with Crippen molar-refractivity contribution in [3.8, 4) is 0 Å². The maximum atomic E-state index is 11.6. The fourth-order valence-electron chi connectivity index (χ4n) is 3.45. The summed E-state index contributed by atoms with van der Waals surface area (Å²) in [7, 11) is 0. The Morgan fingerprint density at radius 1 is 1.38 bits per heavy atom. The van der Waals surface area contributed by atoms with Crippen molar-refractivity contribution in [3.63, 3.8) is 0 Å². The highest BCUT2D eigenvalue weighted by Gasteiger charge is 2.23. The second-order valence-corrected chi connectivity index (χ2v) is 6.70. The summed E-state index contributed by atoms with van der Waals surface area (Å²) in [5.41, 5.74) is 1.70. The van der Waals surface area contributed by atoms with Crippen molar-refractivity contribution in [2.75, 3.05) is 6.54 Å². The smallest absolute Gasteiger partial charge is 0.244 e. The van der Waals surface area contributed by atoms with Gasteiger partial charge in [-0.15, -0.1) is 0 Å². The van der Waals surface area contributed by atoms with Gasteiger partial charge in [-0.3, -0.25) is 10.0 Å². The zero-order chi connectivity index (χ0) is 17.2. The van der Waals surface area contributed by atoms with Gasteiger partial charge in [-0.05, 0) is 18.9 Å². The lowest BCUT2D eigenvalue weighted by Crippen LogP contribution is -2.21. The van der Waals surface area contributed by atoms with Gasteiger partial charge in [-0.25, -0.2) is 5.48 Å². The van der Waals surface area contributed by atoms with Crippen molar-refractivity contribution in [1.82, 2.24) is 20.9 Å². The van der Waals surface area contributed by atoms with Crippen LogP contribution in [0, 0.1) is 5.92 Å². The average molecular weight is 338 g/mol. The van der Waals surface area contributed by atoms with E-state index < -0.39 is 5.91 Å². The van der Waals surface area contributed by atoms with Crippen LogP contribution in [-0.2, 0) is 11.3 Å². The number of hydrogen-bond donors (Lipinski definition) is 3. The lowest BCUT2D eigenvalue weighted by Gasteiger charge is -2.22. The lowest BCUT2D eigenvalue weighted by atomic mass is 9.84. The van der Waals surface area contributed by atoms with Gasteiger partial charge in [0.1, 0.15) is 0 Å². The summed E-state index contributed by atoms with van der Waals surface area (Å²) >= 11 is 0. The second kappa shape index (κ2) is 10.4. The van der Waals surface area contributed by atoms with E-state index in [0.29, 0.717) is 18.3 Å². The van der Waals surface area contributed by atoms with Crippen molar-refractivity contribution >= 4 is 5.91 Å². The largest absolute Gasteiger partial charge is 0.339 e. The Labute approximate surface area is 143 Å². The Kier molecular flexibility index (Phi) is 8.18. The summed E-state index contributed by atoms with van der Waals surface area (Å²) in [5, 5.41) is 15.9. The van der Waals surface area contributed by atoms with E-state index in [4.69, 9.17) is 9.73 Å². The van der Waals surface area contributed by atoms with Crippen LogP contribution in [0.15, 0.2) is 4.52 Å². The van der Waals surface area contributed by atoms with Gasteiger partial charge < -0.3 is 9.84 Å². The number of carbonyl (C=O) groups is 1. The van der Waals surface area contributed by atoms with Crippen LogP contribution in [0.2, 0.25) is 0 Å². The van der Waals surface area contributed by atoms with E-state index in [9.17, 15) is 4.79 Å². The molecule has 0 saturated heterocycles. The van der Waals surface area contributed by atoms with E-state index in [2.05, 4.69) is 15.5 Å². The van der Waals surface area contributed by atoms with E-state index in [1.54, 1.807) is 5.48 Å². The molecular weight excluding hydrogens is 308 g/mol. The molecule has 0 aromatic carbocycles. The minimum absolute atomic E-state index is 0.136. The molecule has 136 valence electrons. The second-order valence-electron chi connectivity index (χ2n) is 6.70. The zero-order valence-corrected chi connectivity index (χ0v) is 14.6. The summed E-state index contributed by atoms with van der Waals surface area (Å²) in [6, 6.07) is 0. The summed E-state index contributed by atoms with van der Waals surface area (Å²) < 4.78 is 5.35. The maximum Gasteiger partial charge on any atom is 0.244 e. The van der Waals surface area contributed by atoms with Gasteiger partial charge in [0.25, 0.3) is 0 Å². The van der Waals surface area contributed by atoms with Crippen LogP contribution in [0.4, 0.5) is 0 Å². The molecule has 2 rings (SSSR count). The number of nitrogens with zero attached hydrogens (tertiary/aromatic N) is 2. The predicted octanol–water partition coefficient (Wildman–Crippen LogP) is 2.91. The fourth-order valence-corrected chi connectivity index (χ4v) is 3.45. The molecule has 1 amide bonds. The molecule has 1 saturated carbocycles. The maximum absolute atomic E-state index is 11.6. The molecular formula is C17H30N4O3. The number of amides is 1. The minimum atomic E-state index is -0.413. The third-order valence-corrected chi connectivity index (χ3v) is 4.81. The first kappa shape index (κ1) is 18.9. The monoisotopic (exact) mass is 338 g/mol. The Hall–Kier alpha value is -1.47. The fraction of sp³-hybridized carbons (Fsp3) is 0.824. The van der Waals surface area contributed by atoms with Crippen LogP contribution in [0.25, 0.3) is 0 Å². The van der Waals surface area contributed by atoms with Crippen molar-refractivity contribution in [2.45, 2.75) is 77.2 Å². The van der Waals surface area contributed by atoms with Crippen molar-refractivity contribution in [2.24, 2.45) is 5.92 Å². The summed E-state index contributed by atoms with van der Waals surface area (Å²) in [6.07, 6.45) is 9.94. The summed E-state index contributed by atoms with van der Waals surface area (Å²) in [4.78, 5) is 16.0. The number of hydroxylamine groups is 1. The topological polar surface area (TPSA) is 100 Å². The van der Waals surface area contributed by atoms with E-state index in [-0.39, 0.29) is 12.3 Å².